The molecule has 1 amide bonds. The zero-order valence-corrected chi connectivity index (χ0v) is 12.9. The summed E-state index contributed by atoms with van der Waals surface area (Å²) in [5.41, 5.74) is 1.15. The van der Waals surface area contributed by atoms with Gasteiger partial charge < -0.3 is 4.90 Å². The smallest absolute Gasteiger partial charge is 0.227 e. The molecule has 2 aromatic rings. The summed E-state index contributed by atoms with van der Waals surface area (Å²) in [7, 11) is 0. The van der Waals surface area contributed by atoms with Crippen LogP contribution < -0.4 is 0 Å². The van der Waals surface area contributed by atoms with Crippen molar-refractivity contribution in [3.05, 3.63) is 48.0 Å². The fourth-order valence-corrected chi connectivity index (χ4v) is 2.95. The molecule has 2 aromatic carbocycles. The molecule has 21 heavy (non-hydrogen) atoms. The molecule has 1 fully saturated rings. The molecule has 0 radical (unpaired) electrons. The molecule has 2 nitrogen and oxygen atoms in total. The molecular weight excluding hydrogens is 258 g/mol. The predicted molar refractivity (Wildman–Crippen MR) is 87.2 cm³/mol. The molecular formula is C19H23NO. The van der Waals surface area contributed by atoms with Crippen LogP contribution in [0.2, 0.25) is 0 Å². The summed E-state index contributed by atoms with van der Waals surface area (Å²) >= 11 is 0. The number of carbonyl (C=O) groups excluding carboxylic acids is 1. The molecule has 1 aliphatic carbocycles. The molecule has 1 aliphatic rings. The monoisotopic (exact) mass is 281 g/mol. The molecule has 1 saturated carbocycles. The highest BCUT2D eigenvalue weighted by Gasteiger charge is 2.32. The van der Waals surface area contributed by atoms with Gasteiger partial charge >= 0.3 is 0 Å². The number of hydrogen-bond donors (Lipinski definition) is 0. The summed E-state index contributed by atoms with van der Waals surface area (Å²) in [6.07, 6.45) is 2.87. The third kappa shape index (κ3) is 3.26. The van der Waals surface area contributed by atoms with Gasteiger partial charge in [-0.05, 0) is 35.1 Å². The Hall–Kier alpha value is -1.83. The lowest BCUT2D eigenvalue weighted by Gasteiger charge is -2.24. The first kappa shape index (κ1) is 14.1. The second kappa shape index (κ2) is 5.88. The van der Waals surface area contributed by atoms with Crippen LogP contribution in [0.3, 0.4) is 0 Å². The SMILES string of the molecule is CC(C)CN(C(=O)Cc1cccc2ccccc12)C1CC1. The highest BCUT2D eigenvalue weighted by atomic mass is 16.2. The van der Waals surface area contributed by atoms with Gasteiger partial charge in [0.05, 0.1) is 6.42 Å². The quantitative estimate of drug-likeness (QED) is 0.810. The van der Waals surface area contributed by atoms with Crippen LogP contribution in [0, 0.1) is 5.92 Å². The van der Waals surface area contributed by atoms with E-state index in [-0.39, 0.29) is 5.91 Å². The van der Waals surface area contributed by atoms with E-state index in [1.807, 2.05) is 12.1 Å². The van der Waals surface area contributed by atoms with Gasteiger partial charge in [-0.25, -0.2) is 0 Å². The third-order valence-electron chi connectivity index (χ3n) is 4.09. The third-order valence-corrected chi connectivity index (χ3v) is 4.09. The van der Waals surface area contributed by atoms with E-state index in [1.54, 1.807) is 0 Å². The molecule has 0 saturated heterocycles. The van der Waals surface area contributed by atoms with E-state index in [4.69, 9.17) is 0 Å². The second-order valence-corrected chi connectivity index (χ2v) is 6.49. The number of fused-ring (bicyclic) bond motifs is 1. The summed E-state index contributed by atoms with van der Waals surface area (Å²) in [5, 5.41) is 2.42. The number of rotatable bonds is 5. The fourth-order valence-electron chi connectivity index (χ4n) is 2.95. The van der Waals surface area contributed by atoms with E-state index in [9.17, 15) is 4.79 Å². The lowest BCUT2D eigenvalue weighted by Crippen LogP contribution is -2.37. The summed E-state index contributed by atoms with van der Waals surface area (Å²) in [6, 6.07) is 15.0. The Balaban J connectivity index is 1.82. The van der Waals surface area contributed by atoms with Crippen molar-refractivity contribution in [2.75, 3.05) is 6.54 Å². The average molecular weight is 281 g/mol. The largest absolute Gasteiger partial charge is 0.339 e. The maximum Gasteiger partial charge on any atom is 0.227 e. The number of carbonyl (C=O) groups is 1. The maximum absolute atomic E-state index is 12.7. The van der Waals surface area contributed by atoms with Crippen LogP contribution >= 0.6 is 0 Å². The fraction of sp³-hybridized carbons (Fsp3) is 0.421. The Kier molecular flexibility index (Phi) is 3.96. The van der Waals surface area contributed by atoms with Gasteiger partial charge in [-0.2, -0.15) is 0 Å². The van der Waals surface area contributed by atoms with Gasteiger partial charge in [0, 0.05) is 12.6 Å². The van der Waals surface area contributed by atoms with Crippen LogP contribution in [0.1, 0.15) is 32.3 Å². The molecule has 3 rings (SSSR count). The van der Waals surface area contributed by atoms with E-state index in [2.05, 4.69) is 49.1 Å². The minimum atomic E-state index is 0.280. The average Bonchev–Trinajstić information content (AvgIpc) is 3.29. The zero-order chi connectivity index (χ0) is 14.8. The van der Waals surface area contributed by atoms with Gasteiger partial charge in [-0.1, -0.05) is 56.3 Å². The molecule has 0 N–H and O–H groups in total. The van der Waals surface area contributed by atoms with Crippen molar-refractivity contribution >= 4 is 16.7 Å². The Labute approximate surface area is 126 Å². The zero-order valence-electron chi connectivity index (χ0n) is 12.9. The van der Waals surface area contributed by atoms with Crippen molar-refractivity contribution in [3.63, 3.8) is 0 Å². The standard InChI is InChI=1S/C19H23NO/c1-14(2)13-20(17-10-11-17)19(21)12-16-8-5-7-15-6-3-4-9-18(15)16/h3-9,14,17H,10-13H2,1-2H3. The number of nitrogens with zero attached hydrogens (tertiary/aromatic N) is 1. The first-order valence-corrected chi connectivity index (χ1v) is 7.91. The molecule has 0 bridgehead atoms. The van der Waals surface area contributed by atoms with Gasteiger partial charge in [0.25, 0.3) is 0 Å². The molecule has 0 unspecified atom stereocenters. The lowest BCUT2D eigenvalue weighted by molar-refractivity contribution is -0.131. The summed E-state index contributed by atoms with van der Waals surface area (Å²) < 4.78 is 0. The van der Waals surface area contributed by atoms with Crippen LogP contribution in [0.15, 0.2) is 42.5 Å². The predicted octanol–water partition coefficient (Wildman–Crippen LogP) is 4.03. The van der Waals surface area contributed by atoms with E-state index in [0.717, 1.165) is 12.1 Å². The first-order valence-electron chi connectivity index (χ1n) is 7.91. The van der Waals surface area contributed by atoms with E-state index in [1.165, 1.54) is 23.6 Å². The van der Waals surface area contributed by atoms with E-state index >= 15 is 0 Å². The topological polar surface area (TPSA) is 20.3 Å². The van der Waals surface area contributed by atoms with Crippen molar-refractivity contribution in [1.82, 2.24) is 4.90 Å². The number of hydrogen-bond acceptors (Lipinski definition) is 1. The normalized spacial score (nSPS) is 14.6. The Morgan fingerprint density at radius 1 is 1.14 bits per heavy atom. The highest BCUT2D eigenvalue weighted by Crippen LogP contribution is 2.29. The minimum absolute atomic E-state index is 0.280. The van der Waals surface area contributed by atoms with Gasteiger partial charge in [0.15, 0.2) is 0 Å². The Morgan fingerprint density at radius 2 is 1.86 bits per heavy atom. The second-order valence-electron chi connectivity index (χ2n) is 6.49. The van der Waals surface area contributed by atoms with Crippen LogP contribution in [0.4, 0.5) is 0 Å². The van der Waals surface area contributed by atoms with Gasteiger partial charge in [-0.15, -0.1) is 0 Å². The minimum Gasteiger partial charge on any atom is -0.339 e. The molecule has 2 heteroatoms. The van der Waals surface area contributed by atoms with Crippen molar-refractivity contribution in [1.29, 1.82) is 0 Å². The van der Waals surface area contributed by atoms with Crippen molar-refractivity contribution in [2.45, 2.75) is 39.2 Å². The first-order chi connectivity index (χ1) is 10.1. The van der Waals surface area contributed by atoms with Crippen LogP contribution in [-0.4, -0.2) is 23.4 Å². The molecule has 0 aromatic heterocycles. The van der Waals surface area contributed by atoms with Gasteiger partial charge in [-0.3, -0.25) is 4.79 Å². The number of amides is 1. The lowest BCUT2D eigenvalue weighted by atomic mass is 10.0. The van der Waals surface area contributed by atoms with Crippen molar-refractivity contribution < 1.29 is 4.79 Å². The molecule has 0 aliphatic heterocycles. The summed E-state index contributed by atoms with van der Waals surface area (Å²) in [5.74, 6) is 0.810. The molecule has 110 valence electrons. The molecule has 0 spiro atoms. The highest BCUT2D eigenvalue weighted by molar-refractivity contribution is 5.90. The van der Waals surface area contributed by atoms with Crippen LogP contribution in [0.5, 0.6) is 0 Å². The number of benzene rings is 2. The summed E-state index contributed by atoms with van der Waals surface area (Å²) in [4.78, 5) is 14.8. The Morgan fingerprint density at radius 3 is 2.57 bits per heavy atom. The molecule has 0 heterocycles. The van der Waals surface area contributed by atoms with E-state index < -0.39 is 0 Å². The van der Waals surface area contributed by atoms with E-state index in [0.29, 0.717) is 18.4 Å². The van der Waals surface area contributed by atoms with Crippen molar-refractivity contribution in [2.24, 2.45) is 5.92 Å². The van der Waals surface area contributed by atoms with Crippen molar-refractivity contribution in [3.8, 4) is 0 Å². The molecule has 0 atom stereocenters. The Bertz CT molecular complexity index is 638. The summed E-state index contributed by atoms with van der Waals surface area (Å²) in [6.45, 7) is 5.25. The van der Waals surface area contributed by atoms with Crippen LogP contribution in [0.25, 0.3) is 10.8 Å². The van der Waals surface area contributed by atoms with Gasteiger partial charge in [0.2, 0.25) is 5.91 Å². The van der Waals surface area contributed by atoms with Gasteiger partial charge in [0.1, 0.15) is 0 Å². The van der Waals surface area contributed by atoms with Crippen LogP contribution in [-0.2, 0) is 11.2 Å². The maximum atomic E-state index is 12.7.